The number of alkyl carbamates (subject to hydrolysis) is 1. The van der Waals surface area contributed by atoms with Crippen LogP contribution in [0.5, 0.6) is 0 Å². The molecule has 0 radical (unpaired) electrons. The summed E-state index contributed by atoms with van der Waals surface area (Å²) >= 11 is 0. The van der Waals surface area contributed by atoms with Gasteiger partial charge in [-0.3, -0.25) is 14.4 Å². The Bertz CT molecular complexity index is 854. The molecular weight excluding hydrogens is 388 g/mol. The zero-order valence-electron chi connectivity index (χ0n) is 16.6. The molecule has 158 valence electrons. The largest absolute Gasteiger partial charge is 0.466 e. The molecule has 2 N–H and O–H groups in total. The maximum absolute atomic E-state index is 12.5. The first-order valence-corrected chi connectivity index (χ1v) is 9.48. The van der Waals surface area contributed by atoms with Crippen LogP contribution in [0.25, 0.3) is 0 Å². The lowest BCUT2D eigenvalue weighted by Crippen LogP contribution is -2.49. The van der Waals surface area contributed by atoms with Crippen LogP contribution in [0, 0.1) is 0 Å². The van der Waals surface area contributed by atoms with E-state index in [1.165, 1.54) is 0 Å². The number of carbonyl (C=O) groups is 4. The standard InChI is InChI=1S/C22H24N2O6/c1-2-29-20(26)13-18(24-22(28)30-15-16-9-5-3-6-10-16)21(27)23-14-19(25)17-11-7-4-8-12-17/h3-12,18H,2,13-15H2,1H3,(H,23,27)(H,24,28)/t18-/m0/s1. The molecule has 2 aromatic carbocycles. The van der Waals surface area contributed by atoms with Crippen LogP contribution in [0.4, 0.5) is 4.79 Å². The van der Waals surface area contributed by atoms with Crippen molar-refractivity contribution in [1.82, 2.24) is 10.6 Å². The van der Waals surface area contributed by atoms with Crippen LogP contribution in [-0.4, -0.2) is 42.9 Å². The number of carbonyl (C=O) groups excluding carboxylic acids is 4. The number of hydrogen-bond donors (Lipinski definition) is 2. The van der Waals surface area contributed by atoms with Gasteiger partial charge in [-0.15, -0.1) is 0 Å². The minimum Gasteiger partial charge on any atom is -0.466 e. The van der Waals surface area contributed by atoms with Gasteiger partial charge in [-0.25, -0.2) is 4.79 Å². The van der Waals surface area contributed by atoms with Gasteiger partial charge in [-0.05, 0) is 12.5 Å². The van der Waals surface area contributed by atoms with Crippen molar-refractivity contribution < 1.29 is 28.7 Å². The van der Waals surface area contributed by atoms with E-state index in [4.69, 9.17) is 9.47 Å². The smallest absolute Gasteiger partial charge is 0.408 e. The molecule has 0 saturated heterocycles. The van der Waals surface area contributed by atoms with Crippen LogP contribution in [-0.2, 0) is 25.7 Å². The van der Waals surface area contributed by atoms with Gasteiger partial charge < -0.3 is 20.1 Å². The highest BCUT2D eigenvalue weighted by Crippen LogP contribution is 2.03. The summed E-state index contributed by atoms with van der Waals surface area (Å²) in [4.78, 5) is 48.6. The van der Waals surface area contributed by atoms with Crippen LogP contribution < -0.4 is 10.6 Å². The maximum Gasteiger partial charge on any atom is 0.408 e. The third-order valence-corrected chi connectivity index (χ3v) is 4.02. The number of benzene rings is 2. The summed E-state index contributed by atoms with van der Waals surface area (Å²) in [5, 5.41) is 4.80. The first-order chi connectivity index (χ1) is 14.5. The van der Waals surface area contributed by atoms with Crippen molar-refractivity contribution in [1.29, 1.82) is 0 Å². The monoisotopic (exact) mass is 412 g/mol. The molecule has 8 heteroatoms. The second-order valence-electron chi connectivity index (χ2n) is 6.27. The van der Waals surface area contributed by atoms with Gasteiger partial charge in [-0.2, -0.15) is 0 Å². The van der Waals surface area contributed by atoms with Crippen LogP contribution in [0.3, 0.4) is 0 Å². The Morgan fingerprint density at radius 1 is 0.900 bits per heavy atom. The predicted octanol–water partition coefficient (Wildman–Crippen LogP) is 2.23. The fourth-order valence-corrected chi connectivity index (χ4v) is 2.52. The van der Waals surface area contributed by atoms with Gasteiger partial charge in [0.25, 0.3) is 0 Å². The Hall–Kier alpha value is -3.68. The summed E-state index contributed by atoms with van der Waals surface area (Å²) in [5.74, 6) is -1.65. The highest BCUT2D eigenvalue weighted by Gasteiger charge is 2.25. The molecule has 2 aromatic rings. The quantitative estimate of drug-likeness (QED) is 0.457. The number of ether oxygens (including phenoxy) is 2. The zero-order chi connectivity index (χ0) is 21.8. The molecule has 0 aliphatic carbocycles. The molecular formula is C22H24N2O6. The highest BCUT2D eigenvalue weighted by atomic mass is 16.5. The lowest BCUT2D eigenvalue weighted by molar-refractivity contribution is -0.145. The average Bonchev–Trinajstić information content (AvgIpc) is 2.77. The summed E-state index contributed by atoms with van der Waals surface area (Å²) in [6.45, 7) is 1.50. The second-order valence-corrected chi connectivity index (χ2v) is 6.27. The Morgan fingerprint density at radius 3 is 2.17 bits per heavy atom. The van der Waals surface area contributed by atoms with Gasteiger partial charge in [0.2, 0.25) is 5.91 Å². The summed E-state index contributed by atoms with van der Waals surface area (Å²) in [7, 11) is 0. The summed E-state index contributed by atoms with van der Waals surface area (Å²) in [6.07, 6.45) is -1.25. The summed E-state index contributed by atoms with van der Waals surface area (Å²) < 4.78 is 9.95. The molecule has 0 fully saturated rings. The fraction of sp³-hybridized carbons (Fsp3) is 0.273. The number of amides is 2. The van der Waals surface area contributed by atoms with E-state index in [-0.39, 0.29) is 32.0 Å². The van der Waals surface area contributed by atoms with Crippen LogP contribution in [0.2, 0.25) is 0 Å². The number of rotatable bonds is 10. The van der Waals surface area contributed by atoms with Crippen molar-refractivity contribution in [3.8, 4) is 0 Å². The molecule has 0 saturated carbocycles. The minimum atomic E-state index is -1.24. The lowest BCUT2D eigenvalue weighted by Gasteiger charge is -2.17. The Kier molecular flexibility index (Phi) is 9.05. The fourth-order valence-electron chi connectivity index (χ4n) is 2.52. The average molecular weight is 412 g/mol. The van der Waals surface area contributed by atoms with E-state index in [9.17, 15) is 19.2 Å². The second kappa shape index (κ2) is 12.0. The third-order valence-electron chi connectivity index (χ3n) is 4.02. The zero-order valence-corrected chi connectivity index (χ0v) is 16.6. The predicted molar refractivity (Wildman–Crippen MR) is 109 cm³/mol. The molecule has 0 aliphatic rings. The van der Waals surface area contributed by atoms with Crippen LogP contribution >= 0.6 is 0 Å². The molecule has 0 spiro atoms. The topological polar surface area (TPSA) is 111 Å². The van der Waals surface area contributed by atoms with Gasteiger partial charge in [0.1, 0.15) is 12.6 Å². The maximum atomic E-state index is 12.5. The van der Waals surface area contributed by atoms with E-state index in [2.05, 4.69) is 10.6 Å². The molecule has 2 amide bonds. The van der Waals surface area contributed by atoms with E-state index in [1.807, 2.05) is 6.07 Å². The van der Waals surface area contributed by atoms with Gasteiger partial charge in [0, 0.05) is 5.56 Å². The normalized spacial score (nSPS) is 11.1. The molecule has 30 heavy (non-hydrogen) atoms. The van der Waals surface area contributed by atoms with Crippen molar-refractivity contribution in [2.24, 2.45) is 0 Å². The Balaban J connectivity index is 1.93. The number of hydrogen-bond acceptors (Lipinski definition) is 6. The van der Waals surface area contributed by atoms with Gasteiger partial charge >= 0.3 is 12.1 Å². The van der Waals surface area contributed by atoms with E-state index in [0.717, 1.165) is 5.56 Å². The van der Waals surface area contributed by atoms with Crippen LogP contribution in [0.1, 0.15) is 29.3 Å². The van der Waals surface area contributed by atoms with Gasteiger partial charge in [0.15, 0.2) is 5.78 Å². The highest BCUT2D eigenvalue weighted by molar-refractivity contribution is 6.00. The molecule has 1 atom stereocenters. The number of Topliss-reactive ketones (excluding diaryl/α,β-unsaturated/α-hetero) is 1. The Labute approximate surface area is 174 Å². The molecule has 0 aliphatic heterocycles. The van der Waals surface area contributed by atoms with Crippen LogP contribution in [0.15, 0.2) is 60.7 Å². The molecule has 0 aromatic heterocycles. The minimum absolute atomic E-state index is 0.00686. The van der Waals surface area contributed by atoms with Gasteiger partial charge in [0.05, 0.1) is 19.6 Å². The van der Waals surface area contributed by atoms with E-state index in [0.29, 0.717) is 5.56 Å². The first kappa shape index (κ1) is 22.6. The molecule has 8 nitrogen and oxygen atoms in total. The van der Waals surface area contributed by atoms with Crippen molar-refractivity contribution in [2.75, 3.05) is 13.2 Å². The molecule has 0 bridgehead atoms. The number of ketones is 1. The third kappa shape index (κ3) is 7.75. The molecule has 2 rings (SSSR count). The Morgan fingerprint density at radius 2 is 1.53 bits per heavy atom. The van der Waals surface area contributed by atoms with Crippen molar-refractivity contribution in [3.05, 3.63) is 71.8 Å². The van der Waals surface area contributed by atoms with E-state index < -0.39 is 24.0 Å². The summed E-state index contributed by atoms with van der Waals surface area (Å²) in [6, 6.07) is 16.2. The van der Waals surface area contributed by atoms with Crippen molar-refractivity contribution in [3.63, 3.8) is 0 Å². The van der Waals surface area contributed by atoms with Crippen molar-refractivity contribution in [2.45, 2.75) is 26.0 Å². The summed E-state index contributed by atoms with van der Waals surface area (Å²) in [5.41, 5.74) is 1.21. The van der Waals surface area contributed by atoms with E-state index >= 15 is 0 Å². The van der Waals surface area contributed by atoms with Gasteiger partial charge in [-0.1, -0.05) is 60.7 Å². The van der Waals surface area contributed by atoms with E-state index in [1.54, 1.807) is 61.5 Å². The SMILES string of the molecule is CCOC(=O)C[C@H](NC(=O)OCc1ccccc1)C(=O)NCC(=O)c1ccccc1. The number of esters is 1. The number of nitrogens with one attached hydrogen (secondary N) is 2. The first-order valence-electron chi connectivity index (χ1n) is 9.48. The molecule has 0 unspecified atom stereocenters. The van der Waals surface area contributed by atoms with Crippen molar-refractivity contribution >= 4 is 23.8 Å². The molecule has 0 heterocycles. The lowest BCUT2D eigenvalue weighted by atomic mass is 10.1.